The summed E-state index contributed by atoms with van der Waals surface area (Å²) in [4.78, 5) is 3.97. The number of nitrogens with zero attached hydrogens (tertiary/aromatic N) is 2. The molecule has 3 nitrogen and oxygen atoms in total. The van der Waals surface area contributed by atoms with Crippen molar-refractivity contribution in [3.8, 4) is 6.07 Å². The standard InChI is InChI=1S/C12H14N2O/c13-9-12(5-1-2-6-12)11(15)10-4-3-7-14-8-10/h3-4,7-8,11,15H,1-2,5-6H2. The van der Waals surface area contributed by atoms with Crippen molar-refractivity contribution in [1.29, 1.82) is 5.26 Å². The largest absolute Gasteiger partial charge is 0.387 e. The van der Waals surface area contributed by atoms with Crippen LogP contribution in [0.5, 0.6) is 0 Å². The van der Waals surface area contributed by atoms with E-state index in [9.17, 15) is 10.4 Å². The van der Waals surface area contributed by atoms with E-state index in [0.29, 0.717) is 0 Å². The van der Waals surface area contributed by atoms with E-state index < -0.39 is 11.5 Å². The van der Waals surface area contributed by atoms with Gasteiger partial charge in [0.25, 0.3) is 0 Å². The summed E-state index contributed by atoms with van der Waals surface area (Å²) in [6, 6.07) is 5.92. The van der Waals surface area contributed by atoms with Crippen molar-refractivity contribution in [2.24, 2.45) is 5.41 Å². The highest BCUT2D eigenvalue weighted by Gasteiger charge is 2.41. The first-order chi connectivity index (χ1) is 7.28. The topological polar surface area (TPSA) is 56.9 Å². The van der Waals surface area contributed by atoms with Gasteiger partial charge in [0.05, 0.1) is 17.6 Å². The van der Waals surface area contributed by atoms with Crippen LogP contribution in [0.15, 0.2) is 24.5 Å². The molecule has 1 aliphatic rings. The summed E-state index contributed by atoms with van der Waals surface area (Å²) in [5.41, 5.74) is 0.171. The summed E-state index contributed by atoms with van der Waals surface area (Å²) in [6.45, 7) is 0. The molecule has 1 N–H and O–H groups in total. The number of pyridine rings is 1. The number of rotatable bonds is 2. The van der Waals surface area contributed by atoms with Crippen LogP contribution in [0.25, 0.3) is 0 Å². The normalized spacial score (nSPS) is 20.8. The Hall–Kier alpha value is -1.40. The fourth-order valence-corrected chi connectivity index (χ4v) is 2.31. The number of aliphatic hydroxyl groups excluding tert-OH is 1. The van der Waals surface area contributed by atoms with Crippen molar-refractivity contribution in [2.45, 2.75) is 31.8 Å². The Morgan fingerprint density at radius 3 is 2.73 bits per heavy atom. The maximum atomic E-state index is 10.2. The zero-order valence-electron chi connectivity index (χ0n) is 8.56. The third-order valence-corrected chi connectivity index (χ3v) is 3.24. The molecule has 0 amide bonds. The van der Waals surface area contributed by atoms with Crippen molar-refractivity contribution >= 4 is 0 Å². The lowest BCUT2D eigenvalue weighted by atomic mass is 9.79. The van der Waals surface area contributed by atoms with Crippen molar-refractivity contribution in [2.75, 3.05) is 0 Å². The molecule has 78 valence electrons. The molecule has 2 rings (SSSR count). The predicted molar refractivity (Wildman–Crippen MR) is 55.7 cm³/mol. The lowest BCUT2D eigenvalue weighted by molar-refractivity contribution is 0.0668. The van der Waals surface area contributed by atoms with Gasteiger partial charge in [-0.15, -0.1) is 0 Å². The SMILES string of the molecule is N#CC1(C(O)c2cccnc2)CCCC1. The molecule has 1 unspecified atom stereocenters. The molecule has 1 aliphatic carbocycles. The summed E-state index contributed by atoms with van der Waals surface area (Å²) in [5.74, 6) is 0. The minimum atomic E-state index is -0.696. The molecule has 1 aromatic heterocycles. The van der Waals surface area contributed by atoms with Crippen LogP contribution in [-0.2, 0) is 0 Å². The van der Waals surface area contributed by atoms with E-state index in [2.05, 4.69) is 11.1 Å². The second kappa shape index (κ2) is 4.00. The molecule has 0 saturated heterocycles. The molecule has 1 atom stereocenters. The molecule has 15 heavy (non-hydrogen) atoms. The summed E-state index contributed by atoms with van der Waals surface area (Å²) in [5, 5.41) is 19.4. The Balaban J connectivity index is 2.27. The zero-order valence-corrected chi connectivity index (χ0v) is 8.56. The molecule has 0 spiro atoms. The molecule has 0 radical (unpaired) electrons. The van der Waals surface area contributed by atoms with Crippen LogP contribution in [0.1, 0.15) is 37.4 Å². The van der Waals surface area contributed by atoms with Crippen LogP contribution in [0.3, 0.4) is 0 Å². The van der Waals surface area contributed by atoms with Gasteiger partial charge in [-0.25, -0.2) is 0 Å². The zero-order chi connectivity index (χ0) is 10.7. The molecular weight excluding hydrogens is 188 g/mol. The van der Waals surface area contributed by atoms with Gasteiger partial charge < -0.3 is 5.11 Å². The van der Waals surface area contributed by atoms with Gasteiger partial charge >= 0.3 is 0 Å². The van der Waals surface area contributed by atoms with E-state index in [-0.39, 0.29) is 0 Å². The van der Waals surface area contributed by atoms with Crippen molar-refractivity contribution in [3.05, 3.63) is 30.1 Å². The average molecular weight is 202 g/mol. The van der Waals surface area contributed by atoms with Crippen LogP contribution >= 0.6 is 0 Å². The minimum Gasteiger partial charge on any atom is -0.387 e. The molecule has 3 heteroatoms. The summed E-state index contributed by atoms with van der Waals surface area (Å²) < 4.78 is 0. The highest BCUT2D eigenvalue weighted by molar-refractivity contribution is 5.20. The number of hydrogen-bond acceptors (Lipinski definition) is 3. The van der Waals surface area contributed by atoms with Gasteiger partial charge in [-0.1, -0.05) is 18.9 Å². The van der Waals surface area contributed by atoms with Gasteiger partial charge in [-0.3, -0.25) is 4.98 Å². The van der Waals surface area contributed by atoms with Crippen molar-refractivity contribution in [3.63, 3.8) is 0 Å². The first-order valence-corrected chi connectivity index (χ1v) is 5.28. The lowest BCUT2D eigenvalue weighted by Gasteiger charge is -2.26. The van der Waals surface area contributed by atoms with Crippen LogP contribution in [-0.4, -0.2) is 10.1 Å². The second-order valence-electron chi connectivity index (χ2n) is 4.16. The molecule has 1 saturated carbocycles. The predicted octanol–water partition coefficient (Wildman–Crippen LogP) is 2.20. The third-order valence-electron chi connectivity index (χ3n) is 3.24. The van der Waals surface area contributed by atoms with Crippen LogP contribution in [0, 0.1) is 16.7 Å². The molecule has 1 heterocycles. The summed E-state index contributed by atoms with van der Waals surface area (Å²) in [6.07, 6.45) is 6.26. The second-order valence-corrected chi connectivity index (χ2v) is 4.16. The van der Waals surface area contributed by atoms with Gasteiger partial charge in [0.15, 0.2) is 0 Å². The van der Waals surface area contributed by atoms with Gasteiger partial charge in [0.2, 0.25) is 0 Å². The summed E-state index contributed by atoms with van der Waals surface area (Å²) >= 11 is 0. The number of aromatic nitrogens is 1. The lowest BCUT2D eigenvalue weighted by Crippen LogP contribution is -2.24. The maximum Gasteiger partial charge on any atom is 0.0991 e. The smallest absolute Gasteiger partial charge is 0.0991 e. The van der Waals surface area contributed by atoms with E-state index >= 15 is 0 Å². The molecule has 0 aromatic carbocycles. The number of hydrogen-bond donors (Lipinski definition) is 1. The van der Waals surface area contributed by atoms with Gasteiger partial charge in [0.1, 0.15) is 0 Å². The first-order valence-electron chi connectivity index (χ1n) is 5.28. The van der Waals surface area contributed by atoms with Gasteiger partial charge in [-0.05, 0) is 18.9 Å². The Kier molecular flexibility index (Phi) is 2.70. The van der Waals surface area contributed by atoms with Crippen LogP contribution < -0.4 is 0 Å². The first kappa shape index (κ1) is 10.1. The van der Waals surface area contributed by atoms with Crippen molar-refractivity contribution in [1.82, 2.24) is 4.98 Å². The fourth-order valence-electron chi connectivity index (χ4n) is 2.31. The highest BCUT2D eigenvalue weighted by Crippen LogP contribution is 2.46. The Bertz CT molecular complexity index is 363. The quantitative estimate of drug-likeness (QED) is 0.799. The summed E-state index contributed by atoms with van der Waals surface area (Å²) in [7, 11) is 0. The Labute approximate surface area is 89.4 Å². The minimum absolute atomic E-state index is 0.580. The van der Waals surface area contributed by atoms with E-state index in [1.165, 1.54) is 0 Å². The molecular formula is C12H14N2O. The number of aliphatic hydroxyl groups is 1. The van der Waals surface area contributed by atoms with Crippen LogP contribution in [0.4, 0.5) is 0 Å². The van der Waals surface area contributed by atoms with Crippen LogP contribution in [0.2, 0.25) is 0 Å². The van der Waals surface area contributed by atoms with Gasteiger partial charge in [-0.2, -0.15) is 5.26 Å². The van der Waals surface area contributed by atoms with E-state index in [4.69, 9.17) is 0 Å². The third kappa shape index (κ3) is 1.73. The average Bonchev–Trinajstić information content (AvgIpc) is 2.79. The highest BCUT2D eigenvalue weighted by atomic mass is 16.3. The van der Waals surface area contributed by atoms with E-state index in [0.717, 1.165) is 31.2 Å². The monoisotopic (exact) mass is 202 g/mol. The van der Waals surface area contributed by atoms with Gasteiger partial charge in [0, 0.05) is 18.0 Å². The van der Waals surface area contributed by atoms with E-state index in [1.807, 2.05) is 6.07 Å². The van der Waals surface area contributed by atoms with Crippen molar-refractivity contribution < 1.29 is 5.11 Å². The fraction of sp³-hybridized carbons (Fsp3) is 0.500. The molecule has 0 aliphatic heterocycles. The molecule has 1 aromatic rings. The van der Waals surface area contributed by atoms with E-state index in [1.54, 1.807) is 18.5 Å². The maximum absolute atomic E-state index is 10.2. The Morgan fingerprint density at radius 1 is 1.47 bits per heavy atom. The molecule has 1 fully saturated rings. The Morgan fingerprint density at radius 2 is 2.20 bits per heavy atom. The molecule has 0 bridgehead atoms. The number of nitriles is 1.